The number of carbonyl (C=O) groups excluding carboxylic acids is 2. The Balaban J connectivity index is 0.00000300. The Morgan fingerprint density at radius 1 is 1.17 bits per heavy atom. The van der Waals surface area contributed by atoms with Crippen LogP contribution in [-0.2, 0) is 11.3 Å². The summed E-state index contributed by atoms with van der Waals surface area (Å²) in [6, 6.07) is 12.3. The van der Waals surface area contributed by atoms with Crippen LogP contribution in [0.4, 0.5) is 0 Å². The SMILES string of the molecule is Cl.NCCNC(=O)C1CCCN(C(=O)c2ccc(=O)n(Cc3ccccc3)n2)C1. The van der Waals surface area contributed by atoms with Gasteiger partial charge in [0.1, 0.15) is 5.69 Å². The molecule has 29 heavy (non-hydrogen) atoms. The molecule has 156 valence electrons. The van der Waals surface area contributed by atoms with Crippen molar-refractivity contribution in [1.82, 2.24) is 20.0 Å². The molecule has 1 saturated heterocycles. The van der Waals surface area contributed by atoms with E-state index in [1.807, 2.05) is 30.3 Å². The van der Waals surface area contributed by atoms with Crippen molar-refractivity contribution in [2.45, 2.75) is 19.4 Å². The Kier molecular flexibility index (Phi) is 8.35. The molecule has 1 atom stereocenters. The van der Waals surface area contributed by atoms with Gasteiger partial charge in [-0.25, -0.2) is 4.68 Å². The molecule has 9 heteroatoms. The highest BCUT2D eigenvalue weighted by Gasteiger charge is 2.29. The summed E-state index contributed by atoms with van der Waals surface area (Å²) in [6.07, 6.45) is 1.48. The third-order valence-corrected chi connectivity index (χ3v) is 4.78. The fourth-order valence-electron chi connectivity index (χ4n) is 3.31. The first-order chi connectivity index (χ1) is 13.6. The molecule has 0 radical (unpaired) electrons. The number of rotatable bonds is 6. The Morgan fingerprint density at radius 2 is 1.93 bits per heavy atom. The van der Waals surface area contributed by atoms with Gasteiger partial charge in [0.15, 0.2) is 0 Å². The van der Waals surface area contributed by atoms with Crippen molar-refractivity contribution in [3.05, 3.63) is 64.1 Å². The van der Waals surface area contributed by atoms with Gasteiger partial charge in [-0.2, -0.15) is 5.10 Å². The minimum Gasteiger partial charge on any atom is -0.355 e. The zero-order valence-electron chi connectivity index (χ0n) is 16.1. The van der Waals surface area contributed by atoms with E-state index in [1.165, 1.54) is 16.8 Å². The first-order valence-corrected chi connectivity index (χ1v) is 9.47. The van der Waals surface area contributed by atoms with Crippen LogP contribution in [0.15, 0.2) is 47.3 Å². The molecule has 0 spiro atoms. The smallest absolute Gasteiger partial charge is 0.274 e. The number of piperidine rings is 1. The van der Waals surface area contributed by atoms with Crippen LogP contribution in [0.25, 0.3) is 0 Å². The molecule has 1 aliphatic heterocycles. The third kappa shape index (κ3) is 5.88. The van der Waals surface area contributed by atoms with E-state index >= 15 is 0 Å². The number of amides is 2. The summed E-state index contributed by atoms with van der Waals surface area (Å²) in [5.41, 5.74) is 6.29. The summed E-state index contributed by atoms with van der Waals surface area (Å²) in [5.74, 6) is -0.595. The zero-order valence-corrected chi connectivity index (χ0v) is 16.9. The fraction of sp³-hybridized carbons (Fsp3) is 0.400. The highest BCUT2D eigenvalue weighted by atomic mass is 35.5. The van der Waals surface area contributed by atoms with Crippen LogP contribution in [0.1, 0.15) is 28.9 Å². The predicted octanol–water partition coefficient (Wildman–Crippen LogP) is 0.641. The number of nitrogens with one attached hydrogen (secondary N) is 1. The van der Waals surface area contributed by atoms with E-state index < -0.39 is 0 Å². The van der Waals surface area contributed by atoms with E-state index in [-0.39, 0.29) is 41.4 Å². The summed E-state index contributed by atoms with van der Waals surface area (Å²) in [5, 5.41) is 7.04. The van der Waals surface area contributed by atoms with Crippen molar-refractivity contribution in [2.75, 3.05) is 26.2 Å². The largest absolute Gasteiger partial charge is 0.355 e. The van der Waals surface area contributed by atoms with E-state index in [9.17, 15) is 14.4 Å². The highest BCUT2D eigenvalue weighted by Crippen LogP contribution is 2.18. The van der Waals surface area contributed by atoms with Gasteiger partial charge in [-0.3, -0.25) is 14.4 Å². The molecule has 8 nitrogen and oxygen atoms in total. The normalized spacial score (nSPS) is 16.0. The molecule has 2 aromatic rings. The van der Waals surface area contributed by atoms with Gasteiger partial charge < -0.3 is 16.0 Å². The van der Waals surface area contributed by atoms with Gasteiger partial charge in [-0.15, -0.1) is 12.4 Å². The van der Waals surface area contributed by atoms with Crippen molar-refractivity contribution >= 4 is 24.2 Å². The summed E-state index contributed by atoms with van der Waals surface area (Å²) in [7, 11) is 0. The molecular formula is C20H26ClN5O3. The molecule has 1 fully saturated rings. The van der Waals surface area contributed by atoms with E-state index in [2.05, 4.69) is 10.4 Å². The molecule has 1 aromatic carbocycles. The monoisotopic (exact) mass is 419 g/mol. The quantitative estimate of drug-likeness (QED) is 0.713. The van der Waals surface area contributed by atoms with Crippen molar-refractivity contribution in [3.8, 4) is 0 Å². The predicted molar refractivity (Wildman–Crippen MR) is 112 cm³/mol. The molecule has 0 bridgehead atoms. The Morgan fingerprint density at radius 3 is 2.66 bits per heavy atom. The van der Waals surface area contributed by atoms with Gasteiger partial charge in [0.2, 0.25) is 5.91 Å². The molecule has 0 aliphatic carbocycles. The lowest BCUT2D eigenvalue weighted by molar-refractivity contribution is -0.126. The molecule has 2 amide bonds. The van der Waals surface area contributed by atoms with E-state index in [0.29, 0.717) is 32.7 Å². The van der Waals surface area contributed by atoms with Crippen LogP contribution >= 0.6 is 12.4 Å². The minimum absolute atomic E-state index is 0. The zero-order chi connectivity index (χ0) is 19.9. The maximum atomic E-state index is 12.9. The number of nitrogens with two attached hydrogens (primary N) is 1. The lowest BCUT2D eigenvalue weighted by Gasteiger charge is -2.31. The number of hydrogen-bond donors (Lipinski definition) is 2. The number of benzene rings is 1. The Labute approximate surface area is 175 Å². The van der Waals surface area contributed by atoms with Crippen LogP contribution < -0.4 is 16.6 Å². The second-order valence-corrected chi connectivity index (χ2v) is 6.87. The second-order valence-electron chi connectivity index (χ2n) is 6.87. The van der Waals surface area contributed by atoms with Crippen LogP contribution in [0, 0.1) is 5.92 Å². The molecule has 3 N–H and O–H groups in total. The number of carbonyl (C=O) groups is 2. The van der Waals surface area contributed by atoms with Crippen molar-refractivity contribution in [3.63, 3.8) is 0 Å². The van der Waals surface area contributed by atoms with Crippen molar-refractivity contribution in [2.24, 2.45) is 11.7 Å². The number of nitrogens with zero attached hydrogens (tertiary/aromatic N) is 3. The van der Waals surface area contributed by atoms with Gasteiger partial charge in [0, 0.05) is 32.2 Å². The Hall–Kier alpha value is -2.71. The third-order valence-electron chi connectivity index (χ3n) is 4.78. The summed E-state index contributed by atoms with van der Waals surface area (Å²) >= 11 is 0. The number of halogens is 1. The molecular weight excluding hydrogens is 394 g/mol. The first-order valence-electron chi connectivity index (χ1n) is 9.47. The average Bonchev–Trinajstić information content (AvgIpc) is 2.74. The van der Waals surface area contributed by atoms with Gasteiger partial charge >= 0.3 is 0 Å². The summed E-state index contributed by atoms with van der Waals surface area (Å²) < 4.78 is 1.29. The van der Waals surface area contributed by atoms with Crippen molar-refractivity contribution < 1.29 is 9.59 Å². The maximum Gasteiger partial charge on any atom is 0.274 e. The van der Waals surface area contributed by atoms with Crippen LogP contribution in [0.5, 0.6) is 0 Å². The fourth-order valence-corrected chi connectivity index (χ4v) is 3.31. The highest BCUT2D eigenvalue weighted by molar-refractivity contribution is 5.92. The lowest BCUT2D eigenvalue weighted by Crippen LogP contribution is -2.46. The standard InChI is InChI=1S/C20H25N5O3.ClH/c21-10-11-22-19(27)16-7-4-12-24(14-16)20(28)17-8-9-18(26)25(23-17)13-15-5-2-1-3-6-15;/h1-3,5-6,8-9,16H,4,7,10-14,21H2,(H,22,27);1H. The van der Waals surface area contributed by atoms with E-state index in [0.717, 1.165) is 18.4 Å². The molecule has 3 rings (SSSR count). The maximum absolute atomic E-state index is 12.9. The topological polar surface area (TPSA) is 110 Å². The van der Waals surface area contributed by atoms with Crippen LogP contribution in [-0.4, -0.2) is 52.7 Å². The Bertz CT molecular complexity index is 887. The summed E-state index contributed by atoms with van der Waals surface area (Å²) in [4.78, 5) is 38.9. The summed E-state index contributed by atoms with van der Waals surface area (Å²) in [6.45, 7) is 2.02. The number of hydrogen-bond acceptors (Lipinski definition) is 5. The van der Waals surface area contributed by atoms with E-state index in [4.69, 9.17) is 5.73 Å². The average molecular weight is 420 g/mol. The first kappa shape index (κ1) is 22.6. The lowest BCUT2D eigenvalue weighted by atomic mass is 9.97. The minimum atomic E-state index is -0.266. The van der Waals surface area contributed by atoms with Gasteiger partial charge in [0.05, 0.1) is 12.5 Å². The number of aromatic nitrogens is 2. The number of likely N-dealkylation sites (tertiary alicyclic amines) is 1. The van der Waals surface area contributed by atoms with E-state index in [1.54, 1.807) is 4.90 Å². The molecule has 1 unspecified atom stereocenters. The van der Waals surface area contributed by atoms with Gasteiger partial charge in [-0.05, 0) is 24.5 Å². The molecule has 1 aliphatic rings. The van der Waals surface area contributed by atoms with Crippen molar-refractivity contribution in [1.29, 1.82) is 0 Å². The van der Waals surface area contributed by atoms with Crippen LogP contribution in [0.2, 0.25) is 0 Å². The van der Waals surface area contributed by atoms with Crippen LogP contribution in [0.3, 0.4) is 0 Å². The van der Waals surface area contributed by atoms with Gasteiger partial charge in [0.25, 0.3) is 11.5 Å². The second kappa shape index (κ2) is 10.7. The molecule has 1 aromatic heterocycles. The molecule has 2 heterocycles. The molecule has 0 saturated carbocycles. The van der Waals surface area contributed by atoms with Gasteiger partial charge in [-0.1, -0.05) is 30.3 Å².